The summed E-state index contributed by atoms with van der Waals surface area (Å²) in [6.07, 6.45) is 5.35. The van der Waals surface area contributed by atoms with Crippen LogP contribution in [0.5, 0.6) is 0 Å². The summed E-state index contributed by atoms with van der Waals surface area (Å²) in [5.74, 6) is -0.155. The van der Waals surface area contributed by atoms with Gasteiger partial charge in [-0.05, 0) is 35.6 Å². The molecule has 0 aromatic heterocycles. The maximum Gasteiger partial charge on any atom is 0.232 e. The second-order valence-corrected chi connectivity index (χ2v) is 9.52. The second-order valence-electron chi connectivity index (χ2n) is 8.71. The SMILES string of the molecule is CC1(C)CC(=O)C2=C(C1)N(c1ccc(Cl)c(Cl)c1)C(=O)CC2/C=C/c1ccccc1. The van der Waals surface area contributed by atoms with Gasteiger partial charge in [-0.3, -0.25) is 14.5 Å². The summed E-state index contributed by atoms with van der Waals surface area (Å²) in [5, 5.41) is 0.819. The van der Waals surface area contributed by atoms with Crippen LogP contribution in [-0.4, -0.2) is 11.7 Å². The molecule has 1 heterocycles. The number of carbonyl (C=O) groups is 2. The van der Waals surface area contributed by atoms with Crippen LogP contribution in [0.15, 0.2) is 65.9 Å². The standard InChI is InChI=1S/C25H23Cl2NO2/c1-25(2)14-21-24(22(29)15-25)17(9-8-16-6-4-3-5-7-16)12-23(30)28(21)18-10-11-19(26)20(27)13-18/h3-11,13,17H,12,14-15H2,1-2H3/b9-8+. The van der Waals surface area contributed by atoms with Gasteiger partial charge in [0, 0.05) is 30.0 Å². The van der Waals surface area contributed by atoms with Crippen molar-refractivity contribution in [2.24, 2.45) is 11.3 Å². The number of allylic oxidation sites excluding steroid dienone is 3. The van der Waals surface area contributed by atoms with E-state index >= 15 is 0 Å². The molecule has 2 aromatic rings. The van der Waals surface area contributed by atoms with Gasteiger partial charge in [-0.15, -0.1) is 0 Å². The normalized spacial score (nSPS) is 21.3. The van der Waals surface area contributed by atoms with Crippen LogP contribution < -0.4 is 4.90 Å². The van der Waals surface area contributed by atoms with Gasteiger partial charge in [-0.2, -0.15) is 0 Å². The maximum absolute atomic E-state index is 13.3. The third kappa shape index (κ3) is 4.10. The smallest absolute Gasteiger partial charge is 0.232 e. The molecule has 30 heavy (non-hydrogen) atoms. The summed E-state index contributed by atoms with van der Waals surface area (Å²) >= 11 is 12.3. The van der Waals surface area contributed by atoms with Gasteiger partial charge < -0.3 is 0 Å². The van der Waals surface area contributed by atoms with Gasteiger partial charge >= 0.3 is 0 Å². The first-order chi connectivity index (χ1) is 14.2. The Hall–Kier alpha value is -2.36. The van der Waals surface area contributed by atoms with E-state index in [-0.39, 0.29) is 29.4 Å². The van der Waals surface area contributed by atoms with Gasteiger partial charge in [0.1, 0.15) is 0 Å². The lowest BCUT2D eigenvalue weighted by Gasteiger charge is -2.42. The first kappa shape index (κ1) is 20.9. The average molecular weight is 440 g/mol. The zero-order valence-corrected chi connectivity index (χ0v) is 18.5. The Labute approximate surface area is 187 Å². The van der Waals surface area contributed by atoms with Gasteiger partial charge in [-0.25, -0.2) is 0 Å². The Morgan fingerprint density at radius 2 is 1.73 bits per heavy atom. The van der Waals surface area contributed by atoms with Crippen LogP contribution in [0.1, 0.15) is 38.7 Å². The number of ketones is 1. The third-order valence-electron chi connectivity index (χ3n) is 5.66. The quantitative estimate of drug-likeness (QED) is 0.533. The highest BCUT2D eigenvalue weighted by atomic mass is 35.5. The number of hydrogen-bond donors (Lipinski definition) is 0. The molecule has 2 aliphatic rings. The summed E-state index contributed by atoms with van der Waals surface area (Å²) in [6.45, 7) is 4.13. The molecule has 5 heteroatoms. The molecule has 1 atom stereocenters. The first-order valence-corrected chi connectivity index (χ1v) is 10.8. The van der Waals surface area contributed by atoms with Crippen LogP contribution in [0.25, 0.3) is 6.08 Å². The summed E-state index contributed by atoms with van der Waals surface area (Å²) in [7, 11) is 0. The van der Waals surface area contributed by atoms with E-state index in [2.05, 4.69) is 13.8 Å². The molecule has 154 valence electrons. The number of halogens is 2. The van der Waals surface area contributed by atoms with E-state index in [0.717, 1.165) is 16.8 Å². The van der Waals surface area contributed by atoms with E-state index in [4.69, 9.17) is 23.2 Å². The molecule has 1 aliphatic heterocycles. The highest BCUT2D eigenvalue weighted by Crippen LogP contribution is 2.46. The summed E-state index contributed by atoms with van der Waals surface area (Å²) in [6, 6.07) is 15.1. The second kappa shape index (κ2) is 8.05. The lowest BCUT2D eigenvalue weighted by molar-refractivity contribution is -0.121. The Morgan fingerprint density at radius 3 is 2.43 bits per heavy atom. The lowest BCUT2D eigenvalue weighted by atomic mass is 9.70. The third-order valence-corrected chi connectivity index (χ3v) is 6.40. The van der Waals surface area contributed by atoms with Crippen LogP contribution in [0.3, 0.4) is 0 Å². The number of anilines is 1. The maximum atomic E-state index is 13.3. The predicted octanol–water partition coefficient (Wildman–Crippen LogP) is 6.70. The molecule has 0 radical (unpaired) electrons. The molecule has 3 nitrogen and oxygen atoms in total. The van der Waals surface area contributed by atoms with Gasteiger partial charge in [0.05, 0.1) is 15.7 Å². The summed E-state index contributed by atoms with van der Waals surface area (Å²) in [5.41, 5.74) is 3.01. The highest BCUT2D eigenvalue weighted by Gasteiger charge is 2.43. The number of amides is 1. The Bertz CT molecular complexity index is 1070. The zero-order chi connectivity index (χ0) is 21.5. The molecule has 1 aliphatic carbocycles. The fourth-order valence-corrected chi connectivity index (χ4v) is 4.63. The molecule has 4 rings (SSSR count). The highest BCUT2D eigenvalue weighted by molar-refractivity contribution is 6.42. The van der Waals surface area contributed by atoms with E-state index in [1.165, 1.54) is 0 Å². The van der Waals surface area contributed by atoms with Crippen molar-refractivity contribution in [3.8, 4) is 0 Å². The molecule has 0 bridgehead atoms. The summed E-state index contributed by atoms with van der Waals surface area (Å²) in [4.78, 5) is 28.1. The molecule has 1 amide bonds. The van der Waals surface area contributed by atoms with Crippen molar-refractivity contribution in [3.63, 3.8) is 0 Å². The van der Waals surface area contributed by atoms with Gasteiger partial charge in [0.2, 0.25) is 5.91 Å². The number of Topliss-reactive ketones (excluding diaryl/α,β-unsaturated/α-hetero) is 1. The van der Waals surface area contributed by atoms with Gasteiger partial charge in [0.25, 0.3) is 0 Å². The largest absolute Gasteiger partial charge is 0.294 e. The van der Waals surface area contributed by atoms with Crippen molar-refractivity contribution < 1.29 is 9.59 Å². The number of benzene rings is 2. The molecule has 0 saturated carbocycles. The Balaban J connectivity index is 1.81. The van der Waals surface area contributed by atoms with Crippen LogP contribution in [0, 0.1) is 11.3 Å². The molecule has 0 fully saturated rings. The van der Waals surface area contributed by atoms with E-state index in [0.29, 0.717) is 28.6 Å². The minimum absolute atomic E-state index is 0.0413. The van der Waals surface area contributed by atoms with Crippen molar-refractivity contribution >= 4 is 46.7 Å². The molecular formula is C25H23Cl2NO2. The predicted molar refractivity (Wildman–Crippen MR) is 123 cm³/mol. The molecular weight excluding hydrogens is 417 g/mol. The summed E-state index contributed by atoms with van der Waals surface area (Å²) < 4.78 is 0. The number of rotatable bonds is 3. The van der Waals surface area contributed by atoms with Crippen LogP contribution >= 0.6 is 23.2 Å². The van der Waals surface area contributed by atoms with Crippen LogP contribution in [0.4, 0.5) is 5.69 Å². The van der Waals surface area contributed by atoms with Crippen molar-refractivity contribution in [1.82, 2.24) is 0 Å². The Morgan fingerprint density at radius 1 is 1.00 bits per heavy atom. The monoisotopic (exact) mass is 439 g/mol. The zero-order valence-electron chi connectivity index (χ0n) is 17.0. The topological polar surface area (TPSA) is 37.4 Å². The van der Waals surface area contributed by atoms with E-state index in [9.17, 15) is 9.59 Å². The molecule has 1 unspecified atom stereocenters. The molecule has 0 spiro atoms. The van der Waals surface area contributed by atoms with E-state index in [1.807, 2.05) is 42.5 Å². The number of nitrogens with zero attached hydrogens (tertiary/aromatic N) is 1. The Kier molecular flexibility index (Phi) is 5.61. The lowest BCUT2D eigenvalue weighted by Crippen LogP contribution is -2.44. The fourth-order valence-electron chi connectivity index (χ4n) is 4.33. The van der Waals surface area contributed by atoms with Gasteiger partial charge in [-0.1, -0.05) is 79.5 Å². The van der Waals surface area contributed by atoms with Gasteiger partial charge in [0.15, 0.2) is 5.78 Å². The van der Waals surface area contributed by atoms with Crippen molar-refractivity contribution in [2.75, 3.05) is 4.90 Å². The van der Waals surface area contributed by atoms with E-state index in [1.54, 1.807) is 23.1 Å². The average Bonchev–Trinajstić information content (AvgIpc) is 2.68. The van der Waals surface area contributed by atoms with Crippen LogP contribution in [-0.2, 0) is 9.59 Å². The van der Waals surface area contributed by atoms with Crippen molar-refractivity contribution in [2.45, 2.75) is 33.1 Å². The minimum atomic E-state index is -0.227. The first-order valence-electron chi connectivity index (χ1n) is 10.0. The molecule has 0 saturated heterocycles. The number of hydrogen-bond acceptors (Lipinski definition) is 2. The number of carbonyl (C=O) groups excluding carboxylic acids is 2. The molecule has 0 N–H and O–H groups in total. The van der Waals surface area contributed by atoms with Crippen molar-refractivity contribution in [1.29, 1.82) is 0 Å². The molecule has 2 aromatic carbocycles. The minimum Gasteiger partial charge on any atom is -0.294 e. The fraction of sp³-hybridized carbons (Fsp3) is 0.280. The van der Waals surface area contributed by atoms with Crippen LogP contribution in [0.2, 0.25) is 10.0 Å². The van der Waals surface area contributed by atoms with Crippen molar-refractivity contribution in [3.05, 3.63) is 81.5 Å². The van der Waals surface area contributed by atoms with E-state index < -0.39 is 0 Å².